The van der Waals surface area contributed by atoms with Gasteiger partial charge >= 0.3 is 0 Å². The van der Waals surface area contributed by atoms with E-state index in [9.17, 15) is 5.11 Å². The van der Waals surface area contributed by atoms with Crippen molar-refractivity contribution in [3.8, 4) is 0 Å². The van der Waals surface area contributed by atoms with Gasteiger partial charge in [0.05, 0.1) is 11.3 Å². The molecule has 0 aliphatic rings. The summed E-state index contributed by atoms with van der Waals surface area (Å²) < 4.78 is 2.00. The number of rotatable bonds is 8. The maximum atomic E-state index is 10.0. The van der Waals surface area contributed by atoms with E-state index in [2.05, 4.69) is 31.2 Å². The summed E-state index contributed by atoms with van der Waals surface area (Å²) in [7, 11) is 0. The van der Waals surface area contributed by atoms with Crippen molar-refractivity contribution in [3.63, 3.8) is 0 Å². The van der Waals surface area contributed by atoms with Crippen molar-refractivity contribution in [2.45, 2.75) is 65.1 Å². The van der Waals surface area contributed by atoms with Crippen molar-refractivity contribution in [2.75, 3.05) is 6.54 Å². The molecule has 0 amide bonds. The van der Waals surface area contributed by atoms with Gasteiger partial charge in [-0.3, -0.25) is 4.68 Å². The lowest BCUT2D eigenvalue weighted by atomic mass is 10.0. The highest BCUT2D eigenvalue weighted by Gasteiger charge is 2.18. The van der Waals surface area contributed by atoms with Gasteiger partial charge in [-0.05, 0) is 32.8 Å². The molecule has 0 saturated heterocycles. The maximum Gasteiger partial charge on any atom is 0.0762 e. The predicted octanol–water partition coefficient (Wildman–Crippen LogP) is 2.49. The summed E-state index contributed by atoms with van der Waals surface area (Å²) in [5, 5.41) is 17.8. The Kier molecular flexibility index (Phi) is 5.82. The van der Waals surface area contributed by atoms with Crippen molar-refractivity contribution in [3.05, 3.63) is 18.0 Å². The van der Waals surface area contributed by atoms with Crippen LogP contribution in [0, 0.1) is 0 Å². The molecule has 0 bridgehead atoms. The molecule has 0 saturated carbocycles. The first-order valence-corrected chi connectivity index (χ1v) is 6.95. The summed E-state index contributed by atoms with van der Waals surface area (Å²) in [5.41, 5.74) is 0.413. The summed E-state index contributed by atoms with van der Waals surface area (Å²) in [6, 6.07) is 2.48. The summed E-state index contributed by atoms with van der Waals surface area (Å²) >= 11 is 0. The van der Waals surface area contributed by atoms with Gasteiger partial charge in [-0.25, -0.2) is 0 Å². The van der Waals surface area contributed by atoms with Crippen LogP contribution in [0.1, 0.15) is 58.7 Å². The minimum absolute atomic E-state index is 0.446. The van der Waals surface area contributed by atoms with E-state index >= 15 is 0 Å². The van der Waals surface area contributed by atoms with Crippen molar-refractivity contribution < 1.29 is 5.11 Å². The van der Waals surface area contributed by atoms with Gasteiger partial charge in [0, 0.05) is 25.3 Å². The molecule has 1 aromatic heterocycles. The Morgan fingerprint density at radius 2 is 2.22 bits per heavy atom. The van der Waals surface area contributed by atoms with Gasteiger partial charge in [0.15, 0.2) is 0 Å². The molecule has 1 heterocycles. The Balaban J connectivity index is 2.38. The van der Waals surface area contributed by atoms with Crippen LogP contribution in [0.3, 0.4) is 0 Å². The lowest BCUT2D eigenvalue weighted by Gasteiger charge is -2.22. The molecule has 0 radical (unpaired) electrons. The molecule has 2 unspecified atom stereocenters. The third-order valence-electron chi connectivity index (χ3n) is 3.31. The van der Waals surface area contributed by atoms with E-state index < -0.39 is 5.60 Å². The van der Waals surface area contributed by atoms with Crippen LogP contribution in [-0.4, -0.2) is 27.0 Å². The van der Waals surface area contributed by atoms with Crippen LogP contribution in [-0.2, 0) is 6.54 Å². The third-order valence-corrected chi connectivity index (χ3v) is 3.31. The van der Waals surface area contributed by atoms with Gasteiger partial charge in [0.25, 0.3) is 0 Å². The van der Waals surface area contributed by atoms with E-state index in [0.717, 1.165) is 25.0 Å². The van der Waals surface area contributed by atoms with Crippen molar-refractivity contribution in [1.29, 1.82) is 0 Å². The molecule has 18 heavy (non-hydrogen) atoms. The average Bonchev–Trinajstić information content (AvgIpc) is 2.76. The van der Waals surface area contributed by atoms with Crippen molar-refractivity contribution in [2.24, 2.45) is 0 Å². The summed E-state index contributed by atoms with van der Waals surface area (Å²) in [4.78, 5) is 0. The van der Waals surface area contributed by atoms with E-state index in [-0.39, 0.29) is 0 Å². The van der Waals surface area contributed by atoms with E-state index in [1.165, 1.54) is 0 Å². The minimum Gasteiger partial charge on any atom is -0.389 e. The molecule has 0 aliphatic carbocycles. The Bertz CT molecular complexity index is 347. The van der Waals surface area contributed by atoms with Gasteiger partial charge in [-0.2, -0.15) is 5.10 Å². The molecule has 4 heteroatoms. The van der Waals surface area contributed by atoms with Crippen molar-refractivity contribution >= 4 is 0 Å². The maximum absolute atomic E-state index is 10.0. The van der Waals surface area contributed by atoms with Gasteiger partial charge < -0.3 is 10.4 Å². The fourth-order valence-electron chi connectivity index (χ4n) is 1.99. The van der Waals surface area contributed by atoms with Gasteiger partial charge in [0.1, 0.15) is 0 Å². The molecular formula is C14H27N3O. The van der Waals surface area contributed by atoms with Crippen LogP contribution in [0.4, 0.5) is 0 Å². The van der Waals surface area contributed by atoms with E-state index in [0.29, 0.717) is 19.1 Å². The number of hydrogen-bond donors (Lipinski definition) is 2. The second-order valence-corrected chi connectivity index (χ2v) is 5.39. The van der Waals surface area contributed by atoms with E-state index in [1.54, 1.807) is 0 Å². The highest BCUT2D eigenvalue weighted by molar-refractivity contribution is 4.99. The zero-order valence-electron chi connectivity index (χ0n) is 12.1. The lowest BCUT2D eigenvalue weighted by molar-refractivity contribution is 0.0497. The second kappa shape index (κ2) is 6.90. The largest absolute Gasteiger partial charge is 0.389 e. The molecule has 0 aromatic carbocycles. The minimum atomic E-state index is -0.617. The second-order valence-electron chi connectivity index (χ2n) is 5.39. The highest BCUT2D eigenvalue weighted by Crippen LogP contribution is 2.11. The molecule has 0 fully saturated rings. The SMILES string of the molecule is CCCC(C)(O)CNCc1ccn(C(C)CC)n1. The van der Waals surface area contributed by atoms with E-state index in [4.69, 9.17) is 0 Å². The highest BCUT2D eigenvalue weighted by atomic mass is 16.3. The molecule has 0 aliphatic heterocycles. The van der Waals surface area contributed by atoms with Crippen LogP contribution >= 0.6 is 0 Å². The van der Waals surface area contributed by atoms with Crippen LogP contribution in [0.25, 0.3) is 0 Å². The Morgan fingerprint density at radius 3 is 2.83 bits per heavy atom. The lowest BCUT2D eigenvalue weighted by Crippen LogP contribution is -2.37. The first kappa shape index (κ1) is 15.2. The quantitative estimate of drug-likeness (QED) is 0.748. The van der Waals surface area contributed by atoms with Crippen molar-refractivity contribution in [1.82, 2.24) is 15.1 Å². The zero-order valence-corrected chi connectivity index (χ0v) is 12.1. The molecule has 2 N–H and O–H groups in total. The Hall–Kier alpha value is -0.870. The summed E-state index contributed by atoms with van der Waals surface area (Å²) in [6.07, 6.45) is 4.92. The molecule has 1 rings (SSSR count). The average molecular weight is 253 g/mol. The summed E-state index contributed by atoms with van der Waals surface area (Å²) in [6.45, 7) is 9.60. The predicted molar refractivity (Wildman–Crippen MR) is 74.5 cm³/mol. The standard InChI is InChI=1S/C14H27N3O/c1-5-8-14(4,18)11-15-10-13-7-9-17(16-13)12(3)6-2/h7,9,12,15,18H,5-6,8,10-11H2,1-4H3. The fraction of sp³-hybridized carbons (Fsp3) is 0.786. The topological polar surface area (TPSA) is 50.1 Å². The summed E-state index contributed by atoms with van der Waals surface area (Å²) in [5.74, 6) is 0. The fourth-order valence-corrected chi connectivity index (χ4v) is 1.99. The first-order chi connectivity index (χ1) is 8.48. The monoisotopic (exact) mass is 253 g/mol. The number of nitrogens with one attached hydrogen (secondary N) is 1. The van der Waals surface area contributed by atoms with E-state index in [1.807, 2.05) is 23.9 Å². The molecule has 1 aromatic rings. The van der Waals surface area contributed by atoms with Crippen LogP contribution < -0.4 is 5.32 Å². The number of aliphatic hydroxyl groups is 1. The van der Waals surface area contributed by atoms with Gasteiger partial charge in [-0.1, -0.05) is 20.3 Å². The number of nitrogens with zero attached hydrogens (tertiary/aromatic N) is 2. The van der Waals surface area contributed by atoms with Crippen LogP contribution in [0.5, 0.6) is 0 Å². The molecule has 104 valence electrons. The normalized spacial score (nSPS) is 16.5. The Morgan fingerprint density at radius 1 is 1.50 bits per heavy atom. The molecule has 2 atom stereocenters. The van der Waals surface area contributed by atoms with Crippen LogP contribution in [0.2, 0.25) is 0 Å². The van der Waals surface area contributed by atoms with Gasteiger partial charge in [-0.15, -0.1) is 0 Å². The molecule has 4 nitrogen and oxygen atoms in total. The zero-order chi connectivity index (χ0) is 13.6. The smallest absolute Gasteiger partial charge is 0.0762 e. The number of aromatic nitrogens is 2. The number of hydrogen-bond acceptors (Lipinski definition) is 3. The molecule has 0 spiro atoms. The first-order valence-electron chi connectivity index (χ1n) is 6.95. The third kappa shape index (κ3) is 4.78. The Labute approximate surface area is 110 Å². The van der Waals surface area contributed by atoms with Gasteiger partial charge in [0.2, 0.25) is 0 Å². The van der Waals surface area contributed by atoms with Crippen LogP contribution in [0.15, 0.2) is 12.3 Å². The molecular weight excluding hydrogens is 226 g/mol.